The Morgan fingerprint density at radius 3 is 2.23 bits per heavy atom. The summed E-state index contributed by atoms with van der Waals surface area (Å²) in [6, 6.07) is 18.3. The number of pyridine rings is 1. The van der Waals surface area contributed by atoms with Crippen molar-refractivity contribution in [3.8, 4) is 11.1 Å². The van der Waals surface area contributed by atoms with Gasteiger partial charge in [-0.3, -0.25) is 4.79 Å². The van der Waals surface area contributed by atoms with Crippen molar-refractivity contribution in [3.05, 3.63) is 77.0 Å². The van der Waals surface area contributed by atoms with Gasteiger partial charge in [0.2, 0.25) is 0 Å². The number of aryl methyl sites for hydroxylation is 2. The van der Waals surface area contributed by atoms with Crippen LogP contribution in [0.5, 0.6) is 0 Å². The maximum absolute atomic E-state index is 11.7. The minimum Gasteiger partial charge on any atom is -0.512 e. The van der Waals surface area contributed by atoms with Crippen LogP contribution in [0.2, 0.25) is 0 Å². The first-order valence-corrected chi connectivity index (χ1v) is 15.6. The molecule has 40 heavy (non-hydrogen) atoms. The molecule has 0 bridgehead atoms. The third kappa shape index (κ3) is 6.57. The SMILES string of the molecule is CCC(CC)C(=O)/C=C(\O)C(CC)CC.Cc1sc2c[c-]c3c4nccc(-c5ccccc5)c4sc3c2c1C.[Ir]. The normalized spacial score (nSPS) is 11.8. The molecule has 6 heteroatoms. The zero-order valence-electron chi connectivity index (χ0n) is 24.1. The van der Waals surface area contributed by atoms with E-state index in [0.29, 0.717) is 0 Å². The minimum atomic E-state index is 0. The fourth-order valence-corrected chi connectivity index (χ4v) is 7.60. The number of aliphatic hydroxyl groups excluding tert-OH is 1. The first kappa shape index (κ1) is 32.1. The molecular weight excluding hydrogens is 711 g/mol. The number of ketones is 1. The first-order chi connectivity index (χ1) is 18.8. The monoisotopic (exact) mass is 749 g/mol. The number of carbonyl (C=O) groups is 1. The number of carbonyl (C=O) groups excluding carboxylic acids is 1. The Labute approximate surface area is 259 Å². The molecule has 0 atom stereocenters. The van der Waals surface area contributed by atoms with Crippen LogP contribution in [-0.2, 0) is 24.9 Å². The zero-order valence-corrected chi connectivity index (χ0v) is 28.2. The molecule has 2 aromatic carbocycles. The van der Waals surface area contributed by atoms with Gasteiger partial charge in [-0.2, -0.15) is 22.7 Å². The standard InChI is InChI=1S/C21H14NS2.C13H24O2.Ir/c1-12-13(2)23-17-9-8-16-19-21(24-20(16)18(12)17)15(10-11-22-19)14-6-4-3-5-7-14;1-5-10(6-2)12(14)9-13(15)11(7-3)8-4;/h3-7,9-11H,1-2H3;9-11,14H,5-8H2,1-4H3;/q-1;;/b;12-9-;. The van der Waals surface area contributed by atoms with Crippen LogP contribution in [0.15, 0.2) is 60.5 Å². The molecule has 0 spiro atoms. The van der Waals surface area contributed by atoms with Crippen LogP contribution in [0.25, 0.3) is 41.5 Å². The smallest absolute Gasteiger partial charge is 0.162 e. The summed E-state index contributed by atoms with van der Waals surface area (Å²) in [5, 5.41) is 12.3. The Morgan fingerprint density at radius 1 is 0.950 bits per heavy atom. The number of hydrogen-bond acceptors (Lipinski definition) is 5. The van der Waals surface area contributed by atoms with Crippen molar-refractivity contribution >= 4 is 58.8 Å². The second-order valence-corrected chi connectivity index (χ2v) is 12.3. The second kappa shape index (κ2) is 14.5. The molecule has 3 aromatic heterocycles. The van der Waals surface area contributed by atoms with E-state index in [1.165, 1.54) is 47.1 Å². The van der Waals surface area contributed by atoms with Crippen LogP contribution >= 0.6 is 22.7 Å². The number of rotatable bonds is 8. The van der Waals surface area contributed by atoms with Crippen LogP contribution in [0.1, 0.15) is 63.8 Å². The molecule has 0 aliphatic carbocycles. The predicted molar refractivity (Wildman–Crippen MR) is 170 cm³/mol. The summed E-state index contributed by atoms with van der Waals surface area (Å²) in [5.41, 5.74) is 4.96. The quantitative estimate of drug-likeness (QED) is 0.0977. The van der Waals surface area contributed by atoms with Crippen LogP contribution in [-0.4, -0.2) is 15.9 Å². The summed E-state index contributed by atoms with van der Waals surface area (Å²) in [4.78, 5) is 17.8. The molecule has 213 valence electrons. The van der Waals surface area contributed by atoms with Gasteiger partial charge in [0, 0.05) is 54.4 Å². The molecule has 0 saturated carbocycles. The molecule has 0 saturated heterocycles. The molecule has 1 radical (unpaired) electrons. The van der Waals surface area contributed by atoms with Crippen molar-refractivity contribution in [2.45, 2.75) is 67.2 Å². The average Bonchev–Trinajstić information content (AvgIpc) is 3.47. The predicted octanol–water partition coefficient (Wildman–Crippen LogP) is 10.6. The molecule has 3 nitrogen and oxygen atoms in total. The Kier molecular flexibility index (Phi) is 11.7. The van der Waals surface area contributed by atoms with Crippen molar-refractivity contribution in [3.63, 3.8) is 0 Å². The summed E-state index contributed by atoms with van der Waals surface area (Å²) < 4.78 is 3.90. The maximum Gasteiger partial charge on any atom is 0.162 e. The number of benzene rings is 2. The number of hydrogen-bond donors (Lipinski definition) is 1. The molecule has 0 aliphatic rings. The van der Waals surface area contributed by atoms with Gasteiger partial charge < -0.3 is 10.1 Å². The topological polar surface area (TPSA) is 50.2 Å². The Balaban J connectivity index is 0.000000243. The Hall–Kier alpha value is -2.37. The molecule has 5 aromatic rings. The van der Waals surface area contributed by atoms with Crippen LogP contribution in [0, 0.1) is 31.7 Å². The van der Waals surface area contributed by atoms with E-state index in [4.69, 9.17) is 0 Å². The van der Waals surface area contributed by atoms with E-state index in [1.807, 2.05) is 56.6 Å². The summed E-state index contributed by atoms with van der Waals surface area (Å²) in [7, 11) is 0. The Bertz CT molecular complexity index is 1610. The van der Waals surface area contributed by atoms with Gasteiger partial charge in [0.1, 0.15) is 0 Å². The minimum absolute atomic E-state index is 0. The van der Waals surface area contributed by atoms with Crippen molar-refractivity contribution in [2.24, 2.45) is 11.8 Å². The molecule has 5 rings (SSSR count). The third-order valence-corrected chi connectivity index (χ3v) is 10.1. The molecule has 0 aliphatic heterocycles. The molecule has 0 fully saturated rings. The third-order valence-electron chi connectivity index (χ3n) is 7.73. The largest absolute Gasteiger partial charge is 0.512 e. The fourth-order valence-electron chi connectivity index (χ4n) is 5.10. The molecular formula is C34H38IrNO2S2-. The van der Waals surface area contributed by atoms with Crippen molar-refractivity contribution in [2.75, 3.05) is 0 Å². The van der Waals surface area contributed by atoms with Crippen LogP contribution < -0.4 is 0 Å². The van der Waals surface area contributed by atoms with Crippen LogP contribution in [0.4, 0.5) is 0 Å². The van der Waals surface area contributed by atoms with E-state index in [-0.39, 0.29) is 43.5 Å². The summed E-state index contributed by atoms with van der Waals surface area (Å²) in [6.45, 7) is 12.5. The van der Waals surface area contributed by atoms with Gasteiger partial charge in [-0.15, -0.1) is 17.5 Å². The Morgan fingerprint density at radius 2 is 1.60 bits per heavy atom. The van der Waals surface area contributed by atoms with Gasteiger partial charge >= 0.3 is 0 Å². The summed E-state index contributed by atoms with van der Waals surface area (Å²) in [6.07, 6.45) is 6.82. The number of thiophene rings is 2. The summed E-state index contributed by atoms with van der Waals surface area (Å²) >= 11 is 3.71. The van der Waals surface area contributed by atoms with Crippen molar-refractivity contribution in [1.29, 1.82) is 0 Å². The fraction of sp³-hybridized carbons (Fsp3) is 0.353. The zero-order chi connectivity index (χ0) is 28.1. The van der Waals surface area contributed by atoms with E-state index in [2.05, 4.69) is 67.4 Å². The van der Waals surface area contributed by atoms with Gasteiger partial charge in [0.15, 0.2) is 5.78 Å². The molecule has 0 amide bonds. The van der Waals surface area contributed by atoms with Crippen LogP contribution in [0.3, 0.4) is 0 Å². The van der Waals surface area contributed by atoms with Gasteiger partial charge in [-0.1, -0.05) is 63.4 Å². The number of fused-ring (bicyclic) bond motifs is 5. The summed E-state index contributed by atoms with van der Waals surface area (Å²) in [5.74, 6) is 0.547. The van der Waals surface area contributed by atoms with E-state index in [0.717, 1.165) is 36.6 Å². The first-order valence-electron chi connectivity index (χ1n) is 14.0. The molecule has 1 N–H and O–H groups in total. The van der Waals surface area contributed by atoms with Crippen molar-refractivity contribution < 1.29 is 30.0 Å². The number of aliphatic hydroxyl groups is 1. The molecule has 3 heterocycles. The second-order valence-electron chi connectivity index (χ2n) is 10.0. The molecule has 0 unspecified atom stereocenters. The van der Waals surface area contributed by atoms with E-state index in [1.54, 1.807) is 0 Å². The average molecular weight is 749 g/mol. The van der Waals surface area contributed by atoms with Crippen molar-refractivity contribution in [1.82, 2.24) is 4.98 Å². The van der Waals surface area contributed by atoms with Gasteiger partial charge in [0.05, 0.1) is 5.76 Å². The number of aromatic nitrogens is 1. The maximum atomic E-state index is 11.7. The number of allylic oxidation sites excluding steroid dienone is 2. The van der Waals surface area contributed by atoms with E-state index in [9.17, 15) is 9.90 Å². The number of nitrogens with zero attached hydrogens (tertiary/aromatic N) is 1. The van der Waals surface area contributed by atoms with Gasteiger partial charge in [0.25, 0.3) is 0 Å². The van der Waals surface area contributed by atoms with E-state index < -0.39 is 0 Å². The van der Waals surface area contributed by atoms with E-state index >= 15 is 0 Å². The van der Waals surface area contributed by atoms with Gasteiger partial charge in [-0.05, 0) is 76.6 Å². The van der Waals surface area contributed by atoms with Gasteiger partial charge in [-0.25, -0.2) is 0 Å².